The number of rotatable bonds is 12. The highest BCUT2D eigenvalue weighted by Gasteiger charge is 2.30. The number of methoxy groups -OCH3 is 1. The van der Waals surface area contributed by atoms with Gasteiger partial charge in [-0.1, -0.05) is 62.4 Å². The van der Waals surface area contributed by atoms with E-state index >= 15 is 0 Å². The van der Waals surface area contributed by atoms with E-state index in [1.165, 1.54) is 12.1 Å². The summed E-state index contributed by atoms with van der Waals surface area (Å²) in [5.74, 6) is -1.07. The summed E-state index contributed by atoms with van der Waals surface area (Å²) < 4.78 is 22.2. The predicted molar refractivity (Wildman–Crippen MR) is 162 cm³/mol. The molecule has 0 saturated heterocycles. The second-order valence-electron chi connectivity index (χ2n) is 10.5. The van der Waals surface area contributed by atoms with Crippen molar-refractivity contribution in [1.29, 1.82) is 0 Å². The van der Waals surface area contributed by atoms with E-state index in [4.69, 9.17) is 14.8 Å². The Morgan fingerprint density at radius 1 is 0.905 bits per heavy atom. The van der Waals surface area contributed by atoms with Crippen molar-refractivity contribution in [3.05, 3.63) is 102 Å². The molecule has 4 rings (SSSR count). The monoisotopic (exact) mass is 572 g/mol. The number of carboxylic acids is 1. The molecule has 8 heteroatoms. The normalized spacial score (nSPS) is 13.3. The number of hydrogen-bond donors (Lipinski definition) is 3. The van der Waals surface area contributed by atoms with Crippen molar-refractivity contribution in [1.82, 2.24) is 4.57 Å². The highest BCUT2D eigenvalue weighted by atomic mass is 19.1. The van der Waals surface area contributed by atoms with E-state index in [1.54, 1.807) is 19.2 Å². The smallest absolute Gasteiger partial charge is 0.305 e. The van der Waals surface area contributed by atoms with Gasteiger partial charge in [-0.15, -0.1) is 0 Å². The van der Waals surface area contributed by atoms with Gasteiger partial charge in [-0.3, -0.25) is 4.79 Å². The number of aliphatic hydroxyl groups excluding tert-OH is 2. The maximum Gasteiger partial charge on any atom is 0.305 e. The maximum atomic E-state index is 14.1. The fourth-order valence-corrected chi connectivity index (χ4v) is 5.30. The van der Waals surface area contributed by atoms with Gasteiger partial charge in [0.1, 0.15) is 5.82 Å². The van der Waals surface area contributed by atoms with Crippen molar-refractivity contribution < 1.29 is 29.2 Å². The number of nitrogens with zero attached hydrogens (tertiary/aromatic N) is 2. The van der Waals surface area contributed by atoms with E-state index in [2.05, 4.69) is 18.4 Å². The minimum Gasteiger partial charge on any atom is -0.481 e. The Labute approximate surface area is 245 Å². The summed E-state index contributed by atoms with van der Waals surface area (Å²) in [5, 5.41) is 29.9. The van der Waals surface area contributed by atoms with Gasteiger partial charge in [-0.05, 0) is 66.3 Å². The predicted octanol–water partition coefficient (Wildman–Crippen LogP) is 6.79. The first kappa shape index (κ1) is 30.7. The Morgan fingerprint density at radius 3 is 2.10 bits per heavy atom. The number of carboxylic acid groups (broad SMARTS) is 1. The zero-order valence-electron chi connectivity index (χ0n) is 24.1. The summed E-state index contributed by atoms with van der Waals surface area (Å²) in [6, 6.07) is 25.7. The SMILES string of the molecule is CO/C(=N\c1ccccc1)c1c(-c2ccccc2)c(-c2ccc(F)cc2)n(CC[C@@H](O)C[C@@H](O)CC(=O)O)c1C(C)C. The lowest BCUT2D eigenvalue weighted by Gasteiger charge is -2.20. The molecule has 0 saturated carbocycles. The highest BCUT2D eigenvalue weighted by molar-refractivity contribution is 6.07. The van der Waals surface area contributed by atoms with Crippen LogP contribution in [0, 0.1) is 5.82 Å². The number of aliphatic carboxylic acids is 1. The Morgan fingerprint density at radius 2 is 1.52 bits per heavy atom. The molecular formula is C34H37FN2O5. The number of hydrogen-bond acceptors (Lipinski definition) is 5. The molecule has 0 aliphatic carbocycles. The second-order valence-corrected chi connectivity index (χ2v) is 10.5. The number of aliphatic hydroxyl groups is 2. The number of aromatic nitrogens is 1. The Hall–Kier alpha value is -4.27. The number of aliphatic imine (C=N–C) groups is 1. The molecule has 0 aliphatic heterocycles. The molecule has 4 aromatic rings. The van der Waals surface area contributed by atoms with Crippen LogP contribution >= 0.6 is 0 Å². The lowest BCUT2D eigenvalue weighted by molar-refractivity contribution is -0.139. The van der Waals surface area contributed by atoms with Crippen LogP contribution in [0.15, 0.2) is 89.9 Å². The molecule has 42 heavy (non-hydrogen) atoms. The van der Waals surface area contributed by atoms with Gasteiger partial charge in [0.2, 0.25) is 5.90 Å². The van der Waals surface area contributed by atoms with Crippen LogP contribution in [0.5, 0.6) is 0 Å². The largest absolute Gasteiger partial charge is 0.481 e. The van der Waals surface area contributed by atoms with Crippen molar-refractivity contribution in [2.75, 3.05) is 7.11 Å². The zero-order valence-corrected chi connectivity index (χ0v) is 24.1. The third kappa shape index (κ3) is 7.32. The van der Waals surface area contributed by atoms with E-state index in [0.717, 1.165) is 39.3 Å². The standard InChI is InChI=1S/C34H37FN2O5/c1-22(2)32-31(34(42-3)36-26-12-8-5-9-13-26)30(23-10-6-4-7-11-23)33(24-14-16-25(35)17-15-24)37(32)19-18-27(38)20-28(39)21-29(40)41/h4-17,22,27-28,38-39H,18-21H2,1-3H3,(H,40,41)/b36-34-/t27-,28-/m1/s1. The number of ether oxygens (including phenoxy) is 1. The first-order chi connectivity index (χ1) is 20.2. The number of halogens is 1. The number of para-hydroxylation sites is 1. The molecule has 220 valence electrons. The van der Waals surface area contributed by atoms with Crippen LogP contribution in [0.2, 0.25) is 0 Å². The molecule has 0 aliphatic rings. The molecule has 2 atom stereocenters. The number of carbonyl (C=O) groups is 1. The molecule has 7 nitrogen and oxygen atoms in total. The van der Waals surface area contributed by atoms with Gasteiger partial charge in [0.15, 0.2) is 0 Å². The molecule has 0 radical (unpaired) electrons. The number of benzene rings is 3. The van der Waals surface area contributed by atoms with E-state index in [0.29, 0.717) is 12.4 Å². The fourth-order valence-electron chi connectivity index (χ4n) is 5.30. The Balaban J connectivity index is 1.97. The van der Waals surface area contributed by atoms with Crippen molar-refractivity contribution >= 4 is 17.6 Å². The van der Waals surface area contributed by atoms with Crippen molar-refractivity contribution in [2.45, 2.75) is 57.8 Å². The van der Waals surface area contributed by atoms with Gasteiger partial charge in [-0.2, -0.15) is 0 Å². The van der Waals surface area contributed by atoms with E-state index < -0.39 is 24.6 Å². The summed E-state index contributed by atoms with van der Waals surface area (Å²) in [6.45, 7) is 4.49. The third-order valence-electron chi connectivity index (χ3n) is 7.07. The summed E-state index contributed by atoms with van der Waals surface area (Å²) >= 11 is 0. The molecule has 0 spiro atoms. The first-order valence-electron chi connectivity index (χ1n) is 14.0. The highest BCUT2D eigenvalue weighted by Crippen LogP contribution is 2.43. The van der Waals surface area contributed by atoms with Crippen LogP contribution in [0.4, 0.5) is 10.1 Å². The second kappa shape index (κ2) is 14.1. The minimum atomic E-state index is -1.16. The minimum absolute atomic E-state index is 0.0115. The first-order valence-corrected chi connectivity index (χ1v) is 14.0. The van der Waals surface area contributed by atoms with Crippen LogP contribution < -0.4 is 0 Å². The van der Waals surface area contributed by atoms with Gasteiger partial charge in [0.05, 0.1) is 42.7 Å². The molecule has 1 aromatic heterocycles. The molecule has 1 heterocycles. The molecular weight excluding hydrogens is 535 g/mol. The van der Waals surface area contributed by atoms with Crippen molar-refractivity contribution in [3.63, 3.8) is 0 Å². The molecule has 0 amide bonds. The van der Waals surface area contributed by atoms with Gasteiger partial charge < -0.3 is 24.6 Å². The lowest BCUT2D eigenvalue weighted by atomic mass is 9.94. The average molecular weight is 573 g/mol. The van der Waals surface area contributed by atoms with Gasteiger partial charge in [-0.25, -0.2) is 9.38 Å². The molecule has 0 unspecified atom stereocenters. The summed E-state index contributed by atoms with van der Waals surface area (Å²) in [5.41, 5.74) is 5.81. The van der Waals surface area contributed by atoms with Crippen molar-refractivity contribution in [3.8, 4) is 22.4 Å². The van der Waals surface area contributed by atoms with E-state index in [1.807, 2.05) is 60.7 Å². The summed E-state index contributed by atoms with van der Waals surface area (Å²) in [6.07, 6.45) is -2.34. The Bertz CT molecular complexity index is 1500. The summed E-state index contributed by atoms with van der Waals surface area (Å²) in [7, 11) is 1.59. The molecule has 3 N–H and O–H groups in total. The van der Waals surface area contributed by atoms with E-state index in [-0.39, 0.29) is 24.6 Å². The van der Waals surface area contributed by atoms with Gasteiger partial charge >= 0.3 is 5.97 Å². The molecule has 3 aromatic carbocycles. The van der Waals surface area contributed by atoms with Crippen LogP contribution in [-0.4, -0.2) is 51.1 Å². The van der Waals surface area contributed by atoms with E-state index in [9.17, 15) is 19.4 Å². The van der Waals surface area contributed by atoms with Gasteiger partial charge in [0, 0.05) is 17.8 Å². The average Bonchev–Trinajstić information content (AvgIpc) is 3.31. The topological polar surface area (TPSA) is 104 Å². The third-order valence-corrected chi connectivity index (χ3v) is 7.07. The van der Waals surface area contributed by atoms with Crippen LogP contribution in [0.3, 0.4) is 0 Å². The van der Waals surface area contributed by atoms with Crippen LogP contribution in [-0.2, 0) is 16.1 Å². The van der Waals surface area contributed by atoms with Crippen LogP contribution in [0.25, 0.3) is 22.4 Å². The maximum absolute atomic E-state index is 14.1. The fraction of sp³-hybridized carbons (Fsp3) is 0.294. The van der Waals surface area contributed by atoms with Crippen LogP contribution in [0.1, 0.15) is 50.3 Å². The van der Waals surface area contributed by atoms with Crippen molar-refractivity contribution in [2.24, 2.45) is 4.99 Å². The zero-order chi connectivity index (χ0) is 30.2. The summed E-state index contributed by atoms with van der Waals surface area (Å²) in [4.78, 5) is 15.9. The Kier molecular flexibility index (Phi) is 10.3. The quantitative estimate of drug-likeness (QED) is 0.128. The lowest BCUT2D eigenvalue weighted by Crippen LogP contribution is -2.22. The van der Waals surface area contributed by atoms with Gasteiger partial charge in [0.25, 0.3) is 0 Å². The molecule has 0 bridgehead atoms. The molecule has 0 fully saturated rings.